The molecule has 2 rings (SSSR count). The molecule has 9 heteroatoms. The number of unbranched alkanes of at least 4 members (excludes halogenated alkanes) is 1. The van der Waals surface area contributed by atoms with E-state index < -0.39 is 10.0 Å². The number of amides is 1. The second-order valence-corrected chi connectivity index (χ2v) is 9.09. The van der Waals surface area contributed by atoms with E-state index in [-0.39, 0.29) is 10.8 Å². The predicted octanol–water partition coefficient (Wildman–Crippen LogP) is 3.56. The van der Waals surface area contributed by atoms with Crippen molar-refractivity contribution in [3.05, 3.63) is 40.9 Å². The van der Waals surface area contributed by atoms with Gasteiger partial charge in [-0.2, -0.15) is 4.31 Å². The monoisotopic (exact) mass is 422 g/mol. The van der Waals surface area contributed by atoms with Crippen LogP contribution in [0.4, 0.5) is 5.13 Å². The molecule has 0 fully saturated rings. The van der Waals surface area contributed by atoms with Gasteiger partial charge in [0.15, 0.2) is 0 Å². The zero-order chi connectivity index (χ0) is 20.6. The van der Waals surface area contributed by atoms with Gasteiger partial charge in [-0.25, -0.2) is 8.42 Å². The summed E-state index contributed by atoms with van der Waals surface area (Å²) in [6, 6.07) is 6.45. The van der Waals surface area contributed by atoms with Gasteiger partial charge in [0.2, 0.25) is 21.1 Å². The first kappa shape index (κ1) is 22.2. The van der Waals surface area contributed by atoms with Crippen molar-refractivity contribution in [2.45, 2.75) is 44.9 Å². The van der Waals surface area contributed by atoms with Gasteiger partial charge in [0.25, 0.3) is 0 Å². The van der Waals surface area contributed by atoms with Crippen molar-refractivity contribution < 1.29 is 13.2 Å². The Labute approximate surface area is 170 Å². The maximum atomic E-state index is 12.5. The lowest BCUT2D eigenvalue weighted by molar-refractivity contribution is -0.111. The van der Waals surface area contributed by atoms with Gasteiger partial charge in [0.1, 0.15) is 5.01 Å². The van der Waals surface area contributed by atoms with E-state index in [1.807, 2.05) is 13.8 Å². The van der Waals surface area contributed by atoms with Crippen molar-refractivity contribution >= 4 is 38.5 Å². The Morgan fingerprint density at radius 3 is 2.43 bits per heavy atom. The van der Waals surface area contributed by atoms with Crippen molar-refractivity contribution in [1.82, 2.24) is 14.5 Å². The fraction of sp³-hybridized carbons (Fsp3) is 0.421. The third-order valence-corrected chi connectivity index (χ3v) is 7.05. The van der Waals surface area contributed by atoms with Crippen LogP contribution in [0.25, 0.3) is 6.08 Å². The third kappa shape index (κ3) is 5.95. The number of hydrogen-bond acceptors (Lipinski definition) is 6. The fourth-order valence-corrected chi connectivity index (χ4v) is 4.76. The van der Waals surface area contributed by atoms with Gasteiger partial charge >= 0.3 is 0 Å². The molecule has 0 unspecified atom stereocenters. The minimum absolute atomic E-state index is 0.242. The van der Waals surface area contributed by atoms with Crippen molar-refractivity contribution in [1.29, 1.82) is 0 Å². The lowest BCUT2D eigenvalue weighted by atomic mass is 10.2. The van der Waals surface area contributed by atoms with Gasteiger partial charge in [-0.15, -0.1) is 10.2 Å². The van der Waals surface area contributed by atoms with E-state index >= 15 is 0 Å². The number of rotatable bonds is 10. The van der Waals surface area contributed by atoms with E-state index in [1.165, 1.54) is 21.7 Å². The molecule has 0 radical (unpaired) electrons. The number of nitrogens with one attached hydrogen (secondary N) is 1. The maximum Gasteiger partial charge on any atom is 0.250 e. The van der Waals surface area contributed by atoms with Gasteiger partial charge in [-0.3, -0.25) is 10.1 Å². The zero-order valence-corrected chi connectivity index (χ0v) is 18.0. The van der Waals surface area contributed by atoms with Gasteiger partial charge in [0.05, 0.1) is 4.90 Å². The largest absolute Gasteiger partial charge is 0.297 e. The summed E-state index contributed by atoms with van der Waals surface area (Å²) in [5, 5.41) is 12.1. The third-order valence-electron chi connectivity index (χ3n) is 4.09. The van der Waals surface area contributed by atoms with Crippen LogP contribution >= 0.6 is 11.3 Å². The molecule has 0 aliphatic rings. The molecule has 1 N–H and O–H groups in total. The van der Waals surface area contributed by atoms with Crippen molar-refractivity contribution in [3.8, 4) is 0 Å². The van der Waals surface area contributed by atoms with Crippen LogP contribution in [-0.2, 0) is 21.2 Å². The Bertz CT molecular complexity index is 902. The first-order chi connectivity index (χ1) is 13.4. The first-order valence-corrected chi connectivity index (χ1v) is 11.6. The molecule has 1 heterocycles. The summed E-state index contributed by atoms with van der Waals surface area (Å²) in [5.74, 6) is -0.307. The summed E-state index contributed by atoms with van der Waals surface area (Å²) in [5.41, 5.74) is 0.731. The van der Waals surface area contributed by atoms with Gasteiger partial charge in [0, 0.05) is 25.6 Å². The number of anilines is 1. The van der Waals surface area contributed by atoms with Crippen LogP contribution in [0.2, 0.25) is 0 Å². The number of benzene rings is 1. The fourth-order valence-electron chi connectivity index (χ4n) is 2.52. The summed E-state index contributed by atoms with van der Waals surface area (Å²) in [6.07, 6.45) is 6.01. The second kappa shape index (κ2) is 10.4. The summed E-state index contributed by atoms with van der Waals surface area (Å²) >= 11 is 1.38. The lowest BCUT2D eigenvalue weighted by Gasteiger charge is -2.18. The number of sulfonamides is 1. The number of aromatic nitrogens is 2. The minimum atomic E-state index is -3.48. The highest BCUT2D eigenvalue weighted by molar-refractivity contribution is 7.89. The molecular formula is C19H26N4O3S2. The predicted molar refractivity (Wildman–Crippen MR) is 113 cm³/mol. The zero-order valence-electron chi connectivity index (χ0n) is 16.4. The number of hydrogen-bond donors (Lipinski definition) is 1. The van der Waals surface area contributed by atoms with Gasteiger partial charge in [-0.05, 0) is 30.2 Å². The summed E-state index contributed by atoms with van der Waals surface area (Å²) < 4.78 is 26.4. The van der Waals surface area contributed by atoms with Crippen LogP contribution in [0.5, 0.6) is 0 Å². The Kier molecular flexibility index (Phi) is 8.28. The highest BCUT2D eigenvalue weighted by Crippen LogP contribution is 2.18. The second-order valence-electron chi connectivity index (χ2n) is 6.09. The van der Waals surface area contributed by atoms with Crippen LogP contribution in [0.1, 0.15) is 44.2 Å². The molecule has 0 aliphatic carbocycles. The highest BCUT2D eigenvalue weighted by atomic mass is 32.2. The molecule has 0 saturated heterocycles. The molecule has 0 saturated carbocycles. The summed E-state index contributed by atoms with van der Waals surface area (Å²) in [7, 11) is -3.48. The number of aryl methyl sites for hydroxylation is 1. The Morgan fingerprint density at radius 1 is 1.14 bits per heavy atom. The molecule has 1 aromatic heterocycles. The van der Waals surface area contributed by atoms with Crippen LogP contribution in [0.3, 0.4) is 0 Å². The van der Waals surface area contributed by atoms with Crippen LogP contribution in [0, 0.1) is 0 Å². The van der Waals surface area contributed by atoms with Gasteiger partial charge < -0.3 is 0 Å². The standard InChI is InChI=1S/C19H26N4O3S2/c1-4-7-8-18-21-22-19(27-18)20-17(24)14-11-15-9-12-16(13-10-15)28(25,26)23(5-2)6-3/h9-14H,4-8H2,1-3H3,(H,20,22,24)/b14-11+. The molecule has 0 bridgehead atoms. The SMILES string of the molecule is CCCCc1nnc(NC(=O)/C=C/c2ccc(S(=O)(=O)N(CC)CC)cc2)s1. The molecule has 0 aliphatic heterocycles. The average Bonchev–Trinajstić information content (AvgIpc) is 3.13. The van der Waals surface area contributed by atoms with Crippen molar-refractivity contribution in [2.24, 2.45) is 0 Å². The van der Waals surface area contributed by atoms with E-state index in [9.17, 15) is 13.2 Å². The number of nitrogens with zero attached hydrogens (tertiary/aromatic N) is 3. The normalized spacial score (nSPS) is 12.0. The molecule has 7 nitrogen and oxygen atoms in total. The van der Waals surface area contributed by atoms with Crippen molar-refractivity contribution in [3.63, 3.8) is 0 Å². The Morgan fingerprint density at radius 2 is 1.82 bits per heavy atom. The molecule has 1 aromatic carbocycles. The number of carbonyl (C=O) groups excluding carboxylic acids is 1. The quantitative estimate of drug-likeness (QED) is 0.591. The molecule has 28 heavy (non-hydrogen) atoms. The molecule has 1 amide bonds. The minimum Gasteiger partial charge on any atom is -0.297 e. The Hall–Kier alpha value is -2.10. The summed E-state index contributed by atoms with van der Waals surface area (Å²) in [4.78, 5) is 12.3. The highest BCUT2D eigenvalue weighted by Gasteiger charge is 2.20. The molecule has 0 spiro atoms. The average molecular weight is 423 g/mol. The summed E-state index contributed by atoms with van der Waals surface area (Å²) in [6.45, 7) is 6.57. The molecular weight excluding hydrogens is 396 g/mol. The van der Waals surface area contributed by atoms with Crippen LogP contribution < -0.4 is 5.32 Å². The maximum absolute atomic E-state index is 12.5. The van der Waals surface area contributed by atoms with Crippen molar-refractivity contribution in [2.75, 3.05) is 18.4 Å². The first-order valence-electron chi connectivity index (χ1n) is 9.32. The number of carbonyl (C=O) groups is 1. The van der Waals surface area contributed by atoms with Gasteiger partial charge in [-0.1, -0.05) is 50.7 Å². The molecule has 2 aromatic rings. The molecule has 152 valence electrons. The smallest absolute Gasteiger partial charge is 0.250 e. The lowest BCUT2D eigenvalue weighted by Crippen LogP contribution is -2.30. The topological polar surface area (TPSA) is 92.3 Å². The van der Waals surface area contributed by atoms with E-state index in [2.05, 4.69) is 22.4 Å². The molecule has 0 atom stereocenters. The van der Waals surface area contributed by atoms with E-state index in [0.29, 0.717) is 18.2 Å². The van der Waals surface area contributed by atoms with E-state index in [1.54, 1.807) is 30.3 Å². The van der Waals surface area contributed by atoms with Crippen LogP contribution in [0.15, 0.2) is 35.2 Å². The van der Waals surface area contributed by atoms with E-state index in [4.69, 9.17) is 0 Å². The van der Waals surface area contributed by atoms with E-state index in [0.717, 1.165) is 29.8 Å². The van der Waals surface area contributed by atoms with Crippen LogP contribution in [-0.4, -0.2) is 41.9 Å². The Balaban J connectivity index is 1.98.